The van der Waals surface area contributed by atoms with Gasteiger partial charge in [-0.3, -0.25) is 0 Å². The zero-order valence-electron chi connectivity index (χ0n) is 9.72. The smallest absolute Gasteiger partial charge is 0.0657 e. The maximum absolute atomic E-state index is 6.11. The molecule has 0 amide bonds. The highest BCUT2D eigenvalue weighted by Gasteiger charge is 2.41. The van der Waals surface area contributed by atoms with Crippen LogP contribution in [0.2, 0.25) is 5.02 Å². The molecule has 2 rings (SSSR count). The number of anilines is 2. The molecule has 0 bridgehead atoms. The quantitative estimate of drug-likeness (QED) is 0.764. The number of nitrogen functional groups attached to an aromatic ring is 1. The summed E-state index contributed by atoms with van der Waals surface area (Å²) in [6.45, 7) is 3.28. The van der Waals surface area contributed by atoms with E-state index >= 15 is 0 Å². The van der Waals surface area contributed by atoms with E-state index in [1.807, 2.05) is 12.1 Å². The molecule has 0 spiro atoms. The lowest BCUT2D eigenvalue weighted by molar-refractivity contribution is 0.486. The summed E-state index contributed by atoms with van der Waals surface area (Å²) in [5.74, 6) is 0. The predicted molar refractivity (Wildman–Crippen MR) is 70.9 cm³/mol. The lowest BCUT2D eigenvalue weighted by Gasteiger charge is -2.16. The normalized spacial score (nSPS) is 17.1. The number of halogens is 1. The summed E-state index contributed by atoms with van der Waals surface area (Å²) in [4.78, 5) is 0. The fraction of sp³-hybridized carbons (Fsp3) is 0.538. The van der Waals surface area contributed by atoms with Crippen molar-refractivity contribution >= 4 is 23.0 Å². The van der Waals surface area contributed by atoms with E-state index < -0.39 is 0 Å². The van der Waals surface area contributed by atoms with Gasteiger partial charge in [0, 0.05) is 12.2 Å². The first kappa shape index (κ1) is 11.6. The summed E-state index contributed by atoms with van der Waals surface area (Å²) in [5.41, 5.74) is 7.91. The molecule has 0 radical (unpaired) electrons. The molecule has 0 heterocycles. The molecular weight excluding hydrogens is 220 g/mol. The van der Waals surface area contributed by atoms with Crippen LogP contribution in [0.4, 0.5) is 11.4 Å². The molecule has 0 atom stereocenters. The highest BCUT2D eigenvalue weighted by molar-refractivity contribution is 6.33. The highest BCUT2D eigenvalue weighted by atomic mass is 35.5. The van der Waals surface area contributed by atoms with E-state index in [4.69, 9.17) is 17.3 Å². The van der Waals surface area contributed by atoms with Gasteiger partial charge in [-0.2, -0.15) is 0 Å². The summed E-state index contributed by atoms with van der Waals surface area (Å²) < 4.78 is 0. The topological polar surface area (TPSA) is 38.0 Å². The molecule has 3 N–H and O–H groups in total. The van der Waals surface area contributed by atoms with Crippen molar-refractivity contribution in [3.05, 3.63) is 23.2 Å². The second kappa shape index (κ2) is 4.54. The number of nitrogens with two attached hydrogens (primary N) is 1. The third kappa shape index (κ3) is 2.62. The molecule has 2 nitrogen and oxygen atoms in total. The van der Waals surface area contributed by atoms with E-state index in [-0.39, 0.29) is 0 Å². The van der Waals surface area contributed by atoms with Gasteiger partial charge in [0.05, 0.1) is 10.7 Å². The number of nitrogens with one attached hydrogen (secondary N) is 1. The SMILES string of the molecule is CCCC1(CNc2ccc(N)cc2Cl)CC1. The first-order chi connectivity index (χ1) is 7.65. The van der Waals surface area contributed by atoms with Gasteiger partial charge in [0.1, 0.15) is 0 Å². The maximum Gasteiger partial charge on any atom is 0.0657 e. The van der Waals surface area contributed by atoms with E-state index in [0.717, 1.165) is 12.2 Å². The van der Waals surface area contributed by atoms with Crippen LogP contribution in [-0.4, -0.2) is 6.54 Å². The first-order valence-corrected chi connectivity index (χ1v) is 6.32. The van der Waals surface area contributed by atoms with E-state index in [1.165, 1.54) is 25.7 Å². The van der Waals surface area contributed by atoms with Crippen molar-refractivity contribution in [2.75, 3.05) is 17.6 Å². The van der Waals surface area contributed by atoms with E-state index in [9.17, 15) is 0 Å². The number of rotatable bonds is 5. The minimum absolute atomic E-state index is 0.541. The first-order valence-electron chi connectivity index (χ1n) is 5.94. The molecule has 1 saturated carbocycles. The Morgan fingerprint density at radius 2 is 2.19 bits per heavy atom. The molecule has 1 aliphatic carbocycles. The van der Waals surface area contributed by atoms with Gasteiger partial charge in [0.2, 0.25) is 0 Å². The number of hydrogen-bond acceptors (Lipinski definition) is 2. The summed E-state index contributed by atoms with van der Waals surface area (Å²) >= 11 is 6.11. The molecule has 1 aromatic rings. The molecule has 0 aromatic heterocycles. The van der Waals surface area contributed by atoms with Crippen LogP contribution in [0.3, 0.4) is 0 Å². The predicted octanol–water partition coefficient (Wildman–Crippen LogP) is 3.91. The van der Waals surface area contributed by atoms with Gasteiger partial charge in [0.15, 0.2) is 0 Å². The molecule has 0 saturated heterocycles. The summed E-state index contributed by atoms with van der Waals surface area (Å²) in [7, 11) is 0. The zero-order chi connectivity index (χ0) is 11.6. The monoisotopic (exact) mass is 238 g/mol. The lowest BCUT2D eigenvalue weighted by atomic mass is 10.0. The van der Waals surface area contributed by atoms with Crippen molar-refractivity contribution in [2.24, 2.45) is 5.41 Å². The largest absolute Gasteiger partial charge is 0.399 e. The number of hydrogen-bond donors (Lipinski definition) is 2. The van der Waals surface area contributed by atoms with Crippen molar-refractivity contribution in [1.82, 2.24) is 0 Å². The van der Waals surface area contributed by atoms with Gasteiger partial charge in [-0.15, -0.1) is 0 Å². The number of benzene rings is 1. The fourth-order valence-corrected chi connectivity index (χ4v) is 2.44. The Morgan fingerprint density at radius 1 is 1.44 bits per heavy atom. The second-order valence-electron chi connectivity index (χ2n) is 4.84. The van der Waals surface area contributed by atoms with Crippen molar-refractivity contribution < 1.29 is 0 Å². The van der Waals surface area contributed by atoms with E-state index in [1.54, 1.807) is 6.07 Å². The molecule has 1 fully saturated rings. The molecule has 3 heteroatoms. The molecule has 88 valence electrons. The standard InChI is InChI=1S/C13H19ClN2/c1-2-5-13(6-7-13)9-16-12-4-3-10(15)8-11(12)14/h3-4,8,16H,2,5-7,9,15H2,1H3. The molecular formula is C13H19ClN2. The third-order valence-corrected chi connectivity index (χ3v) is 3.70. The Morgan fingerprint density at radius 3 is 2.75 bits per heavy atom. The Kier molecular flexibility index (Phi) is 3.29. The average molecular weight is 239 g/mol. The van der Waals surface area contributed by atoms with E-state index in [2.05, 4.69) is 12.2 Å². The van der Waals surface area contributed by atoms with Crippen LogP contribution in [0, 0.1) is 5.41 Å². The third-order valence-electron chi connectivity index (χ3n) is 3.38. The van der Waals surface area contributed by atoms with Crippen LogP contribution < -0.4 is 11.1 Å². The summed E-state index contributed by atoms with van der Waals surface area (Å²) in [6, 6.07) is 5.64. The lowest BCUT2D eigenvalue weighted by Crippen LogP contribution is -2.15. The minimum atomic E-state index is 0.541. The molecule has 1 aliphatic rings. The second-order valence-corrected chi connectivity index (χ2v) is 5.25. The molecule has 0 unspecified atom stereocenters. The van der Waals surface area contributed by atoms with Gasteiger partial charge in [0.25, 0.3) is 0 Å². The Labute approximate surface area is 102 Å². The molecule has 16 heavy (non-hydrogen) atoms. The van der Waals surface area contributed by atoms with Gasteiger partial charge in [-0.1, -0.05) is 24.9 Å². The van der Waals surface area contributed by atoms with Crippen molar-refractivity contribution in [1.29, 1.82) is 0 Å². The van der Waals surface area contributed by atoms with Gasteiger partial charge in [-0.05, 0) is 42.9 Å². The van der Waals surface area contributed by atoms with Gasteiger partial charge < -0.3 is 11.1 Å². The zero-order valence-corrected chi connectivity index (χ0v) is 10.5. The Bertz CT molecular complexity index is 372. The van der Waals surface area contributed by atoms with Crippen molar-refractivity contribution in [3.63, 3.8) is 0 Å². The van der Waals surface area contributed by atoms with Crippen LogP contribution in [0.5, 0.6) is 0 Å². The van der Waals surface area contributed by atoms with Gasteiger partial charge in [-0.25, -0.2) is 0 Å². The van der Waals surface area contributed by atoms with Crippen molar-refractivity contribution in [2.45, 2.75) is 32.6 Å². The molecule has 0 aliphatic heterocycles. The highest BCUT2D eigenvalue weighted by Crippen LogP contribution is 2.49. The fourth-order valence-electron chi connectivity index (χ4n) is 2.18. The maximum atomic E-state index is 6.11. The minimum Gasteiger partial charge on any atom is -0.399 e. The Hall–Kier alpha value is -0.890. The van der Waals surface area contributed by atoms with Crippen LogP contribution in [0.15, 0.2) is 18.2 Å². The summed E-state index contributed by atoms with van der Waals surface area (Å²) in [5, 5.41) is 4.16. The van der Waals surface area contributed by atoms with Crippen LogP contribution in [0.25, 0.3) is 0 Å². The Balaban J connectivity index is 1.94. The van der Waals surface area contributed by atoms with Gasteiger partial charge >= 0.3 is 0 Å². The van der Waals surface area contributed by atoms with E-state index in [0.29, 0.717) is 16.1 Å². The van der Waals surface area contributed by atoms with Crippen LogP contribution in [0.1, 0.15) is 32.6 Å². The average Bonchev–Trinajstić information content (AvgIpc) is 2.98. The molecule has 1 aromatic carbocycles. The van der Waals surface area contributed by atoms with Crippen LogP contribution >= 0.6 is 11.6 Å². The van der Waals surface area contributed by atoms with Crippen molar-refractivity contribution in [3.8, 4) is 0 Å². The van der Waals surface area contributed by atoms with Crippen LogP contribution in [-0.2, 0) is 0 Å². The summed E-state index contributed by atoms with van der Waals surface area (Å²) in [6.07, 6.45) is 5.27.